The number of aliphatic carboxylic acids is 1. The van der Waals surface area contributed by atoms with E-state index in [0.717, 1.165) is 11.3 Å². The van der Waals surface area contributed by atoms with Gasteiger partial charge in [-0.15, -0.1) is 34.9 Å². The van der Waals surface area contributed by atoms with E-state index in [1.54, 1.807) is 5.38 Å². The van der Waals surface area contributed by atoms with Gasteiger partial charge in [0.15, 0.2) is 16.6 Å². The number of ether oxygens (including phenoxy) is 2. The number of nitrogen functional groups attached to an aromatic ring is 1. The second-order valence-electron chi connectivity index (χ2n) is 8.68. The Balaban J connectivity index is 0.00000361. The maximum absolute atomic E-state index is 12.9. The molecule has 3 aliphatic rings. The molecule has 16 heteroatoms. The first-order valence-corrected chi connectivity index (χ1v) is 13.7. The molecule has 0 saturated carbocycles. The molecule has 4 heterocycles. The molecule has 3 saturated heterocycles. The van der Waals surface area contributed by atoms with Gasteiger partial charge in [0.1, 0.15) is 24.2 Å². The van der Waals surface area contributed by atoms with Crippen molar-refractivity contribution in [3.8, 4) is 0 Å². The standard InChI is InChI=1S/C20H27N5O7S3.Na/c1-19(2)31-5-4-10(32-19)6-35-20(17(28)29)8-25-15(27)13(16(25)34-9-20)23-14(26)12(24-30-3)11-7-33-18(21)22-11;/h7,10,13,16H,4-6,8-9H2,1-3H3,(H2,21,22)(H,23,26)(H,28,29);/q;+1/p-1/t10?,13?,16-,20?;/m1./s1. The van der Waals surface area contributed by atoms with Crippen molar-refractivity contribution < 1.29 is 63.4 Å². The van der Waals surface area contributed by atoms with E-state index in [-0.39, 0.29) is 70.4 Å². The predicted octanol–water partition coefficient (Wildman–Crippen LogP) is -3.76. The molecule has 192 valence electrons. The van der Waals surface area contributed by atoms with Crippen molar-refractivity contribution in [1.29, 1.82) is 0 Å². The molecular weight excluding hydrogens is 541 g/mol. The van der Waals surface area contributed by atoms with Crippen LogP contribution in [0.3, 0.4) is 0 Å². The summed E-state index contributed by atoms with van der Waals surface area (Å²) in [4.78, 5) is 48.1. The number of carboxylic acid groups (broad SMARTS) is 1. The van der Waals surface area contributed by atoms with Crippen LogP contribution in [0.4, 0.5) is 5.13 Å². The number of β-lactam (4-membered cyclic amide) rings is 1. The van der Waals surface area contributed by atoms with Gasteiger partial charge >= 0.3 is 29.6 Å². The van der Waals surface area contributed by atoms with Crippen LogP contribution < -0.4 is 45.7 Å². The van der Waals surface area contributed by atoms with E-state index in [1.807, 2.05) is 13.8 Å². The van der Waals surface area contributed by atoms with Crippen molar-refractivity contribution in [3.05, 3.63) is 11.1 Å². The number of carbonyl (C=O) groups excluding carboxylic acids is 3. The molecule has 0 aromatic carbocycles. The average molecular weight is 568 g/mol. The van der Waals surface area contributed by atoms with Crippen molar-refractivity contribution in [2.24, 2.45) is 5.16 Å². The van der Waals surface area contributed by atoms with E-state index in [2.05, 4.69) is 15.5 Å². The molecule has 0 bridgehead atoms. The van der Waals surface area contributed by atoms with Gasteiger partial charge in [-0.05, 0) is 20.3 Å². The molecule has 2 amide bonds. The Bertz CT molecular complexity index is 1040. The molecule has 36 heavy (non-hydrogen) atoms. The van der Waals surface area contributed by atoms with E-state index in [0.29, 0.717) is 18.8 Å². The minimum Gasteiger partial charge on any atom is -0.549 e. The summed E-state index contributed by atoms with van der Waals surface area (Å²) in [6.45, 7) is 4.15. The molecule has 0 spiro atoms. The first kappa shape index (κ1) is 29.5. The minimum absolute atomic E-state index is 0. The topological polar surface area (TPSA) is 168 Å². The van der Waals surface area contributed by atoms with Gasteiger partial charge in [-0.2, -0.15) is 0 Å². The number of oxime groups is 1. The van der Waals surface area contributed by atoms with Crippen LogP contribution in [0, 0.1) is 0 Å². The van der Waals surface area contributed by atoms with Crippen molar-refractivity contribution in [1.82, 2.24) is 15.2 Å². The Kier molecular flexibility index (Phi) is 9.63. The summed E-state index contributed by atoms with van der Waals surface area (Å²) in [6, 6.07) is -0.824. The number of hydrogen-bond donors (Lipinski definition) is 2. The van der Waals surface area contributed by atoms with Gasteiger partial charge in [0.25, 0.3) is 5.91 Å². The van der Waals surface area contributed by atoms with Crippen LogP contribution in [0.5, 0.6) is 0 Å². The van der Waals surface area contributed by atoms with Crippen molar-refractivity contribution >= 4 is 63.5 Å². The van der Waals surface area contributed by atoms with Crippen LogP contribution in [-0.4, -0.2) is 93.2 Å². The Morgan fingerprint density at radius 3 is 2.83 bits per heavy atom. The van der Waals surface area contributed by atoms with Gasteiger partial charge in [-0.3, -0.25) is 9.59 Å². The fraction of sp³-hybridized carbons (Fsp3) is 0.650. The molecule has 0 aliphatic carbocycles. The van der Waals surface area contributed by atoms with Crippen molar-refractivity contribution in [2.75, 3.05) is 37.5 Å². The summed E-state index contributed by atoms with van der Waals surface area (Å²) in [5.74, 6) is -2.31. The second kappa shape index (κ2) is 11.8. The van der Waals surface area contributed by atoms with Crippen LogP contribution in [0.25, 0.3) is 0 Å². The Morgan fingerprint density at radius 2 is 2.22 bits per heavy atom. The normalized spacial score (nSPS) is 29.4. The summed E-state index contributed by atoms with van der Waals surface area (Å²) >= 11 is 3.66. The van der Waals surface area contributed by atoms with Gasteiger partial charge < -0.3 is 40.2 Å². The number of nitrogens with one attached hydrogen (secondary N) is 1. The van der Waals surface area contributed by atoms with Crippen LogP contribution in [0.15, 0.2) is 10.5 Å². The van der Waals surface area contributed by atoms with E-state index in [9.17, 15) is 19.5 Å². The number of thioether (sulfide) groups is 2. The van der Waals surface area contributed by atoms with Gasteiger partial charge in [-0.1, -0.05) is 5.16 Å². The average Bonchev–Trinajstić information content (AvgIpc) is 3.24. The molecule has 12 nitrogen and oxygen atoms in total. The third-order valence-corrected chi connectivity index (χ3v) is 9.68. The fourth-order valence-electron chi connectivity index (χ4n) is 4.02. The first-order valence-electron chi connectivity index (χ1n) is 10.8. The second-order valence-corrected chi connectivity index (χ2v) is 12.1. The third kappa shape index (κ3) is 6.14. The van der Waals surface area contributed by atoms with Crippen LogP contribution >= 0.6 is 34.9 Å². The number of carboxylic acids is 1. The molecule has 4 rings (SSSR count). The van der Waals surface area contributed by atoms with Gasteiger partial charge in [0, 0.05) is 23.4 Å². The van der Waals surface area contributed by atoms with Crippen molar-refractivity contribution in [3.63, 3.8) is 0 Å². The molecule has 3 aliphatic heterocycles. The molecule has 1 aromatic heterocycles. The van der Waals surface area contributed by atoms with Crippen LogP contribution in [0.1, 0.15) is 26.0 Å². The summed E-state index contributed by atoms with van der Waals surface area (Å²) in [7, 11) is 1.29. The van der Waals surface area contributed by atoms with E-state index < -0.39 is 33.8 Å². The molecular formula is C20H26N5NaO7S3. The zero-order valence-corrected chi connectivity index (χ0v) is 24.8. The number of hydrogen-bond acceptors (Lipinski definition) is 13. The number of thiazole rings is 1. The number of carbonyl (C=O) groups is 3. The van der Waals surface area contributed by atoms with E-state index in [4.69, 9.17) is 20.0 Å². The maximum Gasteiger partial charge on any atom is 1.00 e. The number of amides is 2. The van der Waals surface area contributed by atoms with E-state index >= 15 is 0 Å². The quantitative estimate of drug-likeness (QED) is 0.137. The molecule has 3 unspecified atom stereocenters. The van der Waals surface area contributed by atoms with Crippen LogP contribution in [0.2, 0.25) is 0 Å². The predicted molar refractivity (Wildman–Crippen MR) is 130 cm³/mol. The maximum atomic E-state index is 12.9. The Morgan fingerprint density at radius 1 is 1.47 bits per heavy atom. The Labute approximate surface area is 242 Å². The molecule has 4 atom stereocenters. The molecule has 1 aromatic rings. The van der Waals surface area contributed by atoms with Gasteiger partial charge in [-0.25, -0.2) is 4.98 Å². The monoisotopic (exact) mass is 567 g/mol. The molecule has 3 fully saturated rings. The number of nitrogens with two attached hydrogens (primary N) is 1. The number of nitrogens with zero attached hydrogens (tertiary/aromatic N) is 3. The number of fused-ring (bicyclic) bond motifs is 1. The molecule has 0 radical (unpaired) electrons. The summed E-state index contributed by atoms with van der Waals surface area (Å²) in [5.41, 5.74) is 5.77. The smallest absolute Gasteiger partial charge is 0.549 e. The largest absolute Gasteiger partial charge is 1.00 e. The molecule has 3 N–H and O–H groups in total. The number of rotatable bonds is 8. The zero-order valence-electron chi connectivity index (χ0n) is 20.3. The van der Waals surface area contributed by atoms with Crippen molar-refractivity contribution in [2.45, 2.75) is 48.3 Å². The first-order chi connectivity index (χ1) is 16.5. The summed E-state index contributed by atoms with van der Waals surface area (Å²) in [6.07, 6.45) is 0.488. The summed E-state index contributed by atoms with van der Waals surface area (Å²) in [5, 5.41) is 20.0. The third-order valence-electron chi connectivity index (χ3n) is 5.76. The zero-order chi connectivity index (χ0) is 25.4. The number of aromatic nitrogens is 1. The SMILES string of the molecule is CON=C(C(=O)NC1C(=O)N2CC(SCC3CCOC(C)(C)O3)(C(=O)[O-])CS[C@H]12)c1csc(N)n1.[Na+]. The summed E-state index contributed by atoms with van der Waals surface area (Å²) < 4.78 is 10.2. The number of anilines is 1. The minimum atomic E-state index is -1.28. The Hall–Kier alpha value is -1.07. The van der Waals surface area contributed by atoms with Gasteiger partial charge in [0.05, 0.1) is 23.4 Å². The van der Waals surface area contributed by atoms with Crippen LogP contribution in [-0.2, 0) is 28.7 Å². The van der Waals surface area contributed by atoms with E-state index in [1.165, 1.54) is 35.5 Å². The fourth-order valence-corrected chi connectivity index (χ4v) is 7.58. The van der Waals surface area contributed by atoms with Gasteiger partial charge in [0.2, 0.25) is 5.91 Å².